The van der Waals surface area contributed by atoms with Gasteiger partial charge >= 0.3 is 0 Å². The molecule has 0 spiro atoms. The third kappa shape index (κ3) is 4.47. The third-order valence-electron chi connectivity index (χ3n) is 4.20. The van der Waals surface area contributed by atoms with Gasteiger partial charge < -0.3 is 15.1 Å². The summed E-state index contributed by atoms with van der Waals surface area (Å²) in [5.74, 6) is 0.434. The van der Waals surface area contributed by atoms with E-state index in [1.54, 1.807) is 30.2 Å². The lowest BCUT2D eigenvalue weighted by Gasteiger charge is -2.37. The quantitative estimate of drug-likeness (QED) is 0.889. The van der Waals surface area contributed by atoms with E-state index in [1.807, 2.05) is 25.7 Å². The van der Waals surface area contributed by atoms with Crippen LogP contribution in [0.3, 0.4) is 0 Å². The molecule has 0 radical (unpaired) electrons. The Morgan fingerprint density at radius 1 is 1.28 bits per heavy atom. The average molecular weight is 343 g/mol. The molecule has 1 aromatic heterocycles. The highest BCUT2D eigenvalue weighted by molar-refractivity contribution is 5.89. The lowest BCUT2D eigenvalue weighted by Crippen LogP contribution is -2.55. The number of rotatable bonds is 3. The summed E-state index contributed by atoms with van der Waals surface area (Å²) in [6, 6.07) is 5.07. The van der Waals surface area contributed by atoms with Gasteiger partial charge in [0.1, 0.15) is 17.9 Å². The molecule has 0 saturated carbocycles. The number of nitrogens with zero attached hydrogens (tertiary/aromatic N) is 4. The number of hydrogen-bond donors (Lipinski definition) is 1. The van der Waals surface area contributed by atoms with E-state index in [2.05, 4.69) is 16.4 Å². The van der Waals surface area contributed by atoms with E-state index < -0.39 is 11.5 Å². The van der Waals surface area contributed by atoms with Crippen LogP contribution in [0.1, 0.15) is 33.3 Å². The molecule has 0 bridgehead atoms. The predicted octanol–water partition coefficient (Wildman–Crippen LogP) is 1.15. The lowest BCUT2D eigenvalue weighted by atomic mass is 9.95. The molecular formula is C18H25N5O2. The van der Waals surface area contributed by atoms with Crippen molar-refractivity contribution in [3.63, 3.8) is 0 Å². The fourth-order valence-corrected chi connectivity index (χ4v) is 2.62. The minimum absolute atomic E-state index is 0.0845. The topological polar surface area (TPSA) is 89.3 Å². The first-order valence-electron chi connectivity index (χ1n) is 8.44. The Morgan fingerprint density at radius 3 is 2.48 bits per heavy atom. The number of piperazine rings is 1. The smallest absolute Gasteiger partial charge is 0.244 e. The van der Waals surface area contributed by atoms with E-state index in [1.165, 1.54) is 0 Å². The van der Waals surface area contributed by atoms with Gasteiger partial charge in [0.15, 0.2) is 0 Å². The molecule has 1 unspecified atom stereocenters. The summed E-state index contributed by atoms with van der Waals surface area (Å²) >= 11 is 0. The molecule has 0 aromatic carbocycles. The number of carbonyl (C=O) groups is 2. The largest absolute Gasteiger partial charge is 0.352 e. The maximum absolute atomic E-state index is 12.6. The van der Waals surface area contributed by atoms with E-state index in [4.69, 9.17) is 0 Å². The molecule has 1 fully saturated rings. The van der Waals surface area contributed by atoms with Crippen LogP contribution in [0.2, 0.25) is 0 Å². The van der Waals surface area contributed by atoms with Gasteiger partial charge in [0.25, 0.3) is 0 Å². The molecule has 1 atom stereocenters. The van der Waals surface area contributed by atoms with Crippen LogP contribution in [0.5, 0.6) is 0 Å². The summed E-state index contributed by atoms with van der Waals surface area (Å²) < 4.78 is 0. The zero-order chi connectivity index (χ0) is 18.6. The van der Waals surface area contributed by atoms with Gasteiger partial charge in [0, 0.05) is 37.8 Å². The second kappa shape index (κ2) is 7.51. The zero-order valence-electron chi connectivity index (χ0n) is 15.2. The summed E-state index contributed by atoms with van der Waals surface area (Å²) in [5.41, 5.74) is 0.00740. The molecular weight excluding hydrogens is 318 g/mol. The number of anilines is 1. The number of carbonyl (C=O) groups excluding carboxylic acids is 2. The summed E-state index contributed by atoms with van der Waals surface area (Å²) in [6.45, 7) is 9.46. The van der Waals surface area contributed by atoms with E-state index in [-0.39, 0.29) is 11.8 Å². The molecule has 1 aliphatic heterocycles. The molecule has 1 N–H and O–H groups in total. The van der Waals surface area contributed by atoms with Gasteiger partial charge in [-0.1, -0.05) is 20.8 Å². The summed E-state index contributed by atoms with van der Waals surface area (Å²) in [4.78, 5) is 32.6. The molecule has 7 nitrogen and oxygen atoms in total. The maximum Gasteiger partial charge on any atom is 0.244 e. The Labute approximate surface area is 148 Å². The van der Waals surface area contributed by atoms with Crippen molar-refractivity contribution < 1.29 is 9.59 Å². The van der Waals surface area contributed by atoms with Crippen molar-refractivity contribution in [1.82, 2.24) is 15.2 Å². The first-order chi connectivity index (χ1) is 11.7. The molecule has 2 amide bonds. The van der Waals surface area contributed by atoms with E-state index in [9.17, 15) is 14.9 Å². The second-order valence-electron chi connectivity index (χ2n) is 7.24. The van der Waals surface area contributed by atoms with Crippen LogP contribution in [0.25, 0.3) is 0 Å². The van der Waals surface area contributed by atoms with Crippen LogP contribution >= 0.6 is 0 Å². The van der Waals surface area contributed by atoms with Crippen LogP contribution in [0.4, 0.5) is 5.82 Å². The van der Waals surface area contributed by atoms with Crippen molar-refractivity contribution in [3.05, 3.63) is 23.9 Å². The minimum Gasteiger partial charge on any atom is -0.352 e. The van der Waals surface area contributed by atoms with E-state index in [0.29, 0.717) is 37.6 Å². The summed E-state index contributed by atoms with van der Waals surface area (Å²) in [7, 11) is 0. The van der Waals surface area contributed by atoms with Gasteiger partial charge in [-0.25, -0.2) is 4.98 Å². The van der Waals surface area contributed by atoms with Crippen molar-refractivity contribution in [2.75, 3.05) is 31.1 Å². The highest BCUT2D eigenvalue weighted by Gasteiger charge is 2.29. The first-order valence-corrected chi connectivity index (χ1v) is 8.44. The van der Waals surface area contributed by atoms with Crippen molar-refractivity contribution >= 4 is 17.6 Å². The number of pyridine rings is 1. The predicted molar refractivity (Wildman–Crippen MR) is 94.8 cm³/mol. The Hall–Kier alpha value is -2.62. The first kappa shape index (κ1) is 18.7. The van der Waals surface area contributed by atoms with Crippen molar-refractivity contribution in [3.8, 4) is 6.07 Å². The minimum atomic E-state index is -0.553. The molecule has 1 aliphatic rings. The number of hydrogen-bond acceptors (Lipinski definition) is 5. The van der Waals surface area contributed by atoms with Crippen LogP contribution < -0.4 is 10.2 Å². The van der Waals surface area contributed by atoms with E-state index >= 15 is 0 Å². The molecule has 25 heavy (non-hydrogen) atoms. The molecule has 0 aliphatic carbocycles. The fraction of sp³-hybridized carbons (Fsp3) is 0.556. The van der Waals surface area contributed by atoms with Crippen molar-refractivity contribution in [1.29, 1.82) is 5.26 Å². The standard InChI is InChI=1S/C18H25N5O2/c1-13(21-17(25)18(2,3)4)16(24)23-10-8-22(9-11-23)15-14(12-19)6-5-7-20-15/h5-7,13H,8-11H2,1-4H3,(H,21,25). The highest BCUT2D eigenvalue weighted by Crippen LogP contribution is 2.18. The highest BCUT2D eigenvalue weighted by atomic mass is 16.2. The summed E-state index contributed by atoms with van der Waals surface area (Å²) in [6.07, 6.45) is 1.66. The third-order valence-corrected chi connectivity index (χ3v) is 4.20. The van der Waals surface area contributed by atoms with Crippen molar-refractivity contribution in [2.45, 2.75) is 33.7 Å². The Balaban J connectivity index is 1.94. The van der Waals surface area contributed by atoms with Gasteiger partial charge in [-0.2, -0.15) is 5.26 Å². The average Bonchev–Trinajstić information content (AvgIpc) is 2.60. The van der Waals surface area contributed by atoms with Gasteiger partial charge in [0.2, 0.25) is 11.8 Å². The monoisotopic (exact) mass is 343 g/mol. The Kier molecular flexibility index (Phi) is 5.62. The van der Waals surface area contributed by atoms with Crippen LogP contribution in [-0.2, 0) is 9.59 Å². The summed E-state index contributed by atoms with van der Waals surface area (Å²) in [5, 5.41) is 12.0. The van der Waals surface area contributed by atoms with Gasteiger partial charge in [-0.3, -0.25) is 9.59 Å². The van der Waals surface area contributed by atoms with Gasteiger partial charge in [-0.05, 0) is 19.1 Å². The van der Waals surface area contributed by atoms with Gasteiger partial charge in [0.05, 0.1) is 5.56 Å². The molecule has 1 saturated heterocycles. The zero-order valence-corrected chi connectivity index (χ0v) is 15.2. The molecule has 2 rings (SSSR count). The normalized spacial score (nSPS) is 16.1. The Bertz CT molecular complexity index is 681. The van der Waals surface area contributed by atoms with Gasteiger partial charge in [-0.15, -0.1) is 0 Å². The number of aromatic nitrogens is 1. The molecule has 134 valence electrons. The number of nitriles is 1. The Morgan fingerprint density at radius 2 is 1.92 bits per heavy atom. The second-order valence-corrected chi connectivity index (χ2v) is 7.24. The van der Waals surface area contributed by atoms with Crippen LogP contribution in [0, 0.1) is 16.7 Å². The van der Waals surface area contributed by atoms with Crippen LogP contribution in [0.15, 0.2) is 18.3 Å². The van der Waals surface area contributed by atoms with E-state index in [0.717, 1.165) is 0 Å². The fourth-order valence-electron chi connectivity index (χ4n) is 2.62. The molecule has 1 aromatic rings. The number of amides is 2. The maximum atomic E-state index is 12.6. The number of nitrogens with one attached hydrogen (secondary N) is 1. The molecule has 7 heteroatoms. The lowest BCUT2D eigenvalue weighted by molar-refractivity contribution is -0.138. The van der Waals surface area contributed by atoms with Crippen molar-refractivity contribution in [2.24, 2.45) is 5.41 Å². The molecule has 2 heterocycles. The SMILES string of the molecule is CC(NC(=O)C(C)(C)C)C(=O)N1CCN(c2ncccc2C#N)CC1. The van der Waals surface area contributed by atoms with Crippen LogP contribution in [-0.4, -0.2) is 53.9 Å².